The molecule has 2 heterocycles. The number of hydrogen-bond donors (Lipinski definition) is 0. The van der Waals surface area contributed by atoms with Crippen LogP contribution in [0.5, 0.6) is 0 Å². The van der Waals surface area contributed by atoms with Crippen LogP contribution < -0.4 is 0 Å². The first kappa shape index (κ1) is 31.2. The molecule has 11 aromatic rings. The second-order valence-electron chi connectivity index (χ2n) is 14.1. The molecule has 0 aliphatic heterocycles. The maximum Gasteiger partial charge on any atom is 0.160 e. The predicted molar refractivity (Wildman–Crippen MR) is 231 cm³/mol. The molecule has 0 saturated heterocycles. The van der Waals surface area contributed by atoms with E-state index in [2.05, 4.69) is 199 Å². The van der Waals surface area contributed by atoms with Crippen molar-refractivity contribution < 1.29 is 0 Å². The Balaban J connectivity index is 1.10. The fraction of sp³-hybridized carbons (Fsp3) is 0. The van der Waals surface area contributed by atoms with Crippen molar-refractivity contribution in [3.05, 3.63) is 200 Å². The standard InChI is InChI=1S/C52H33N3/c1-2-15-35(16-3-1)46-33-47(44-22-10-13-25-50(44)55-48-23-11-8-20-41(48)42-21-9-12-24-49(42)55)54-52(53-46)37-28-26-36(27-29-37)51-40-19-7-5-17-38(40)32-45-39-18-6-4-14-34(39)30-31-43(45)51/h1-33H. The Kier molecular flexibility index (Phi) is 7.17. The molecule has 11 rings (SSSR count). The molecule has 55 heavy (non-hydrogen) atoms. The van der Waals surface area contributed by atoms with Crippen molar-refractivity contribution in [1.82, 2.24) is 14.5 Å². The summed E-state index contributed by atoms with van der Waals surface area (Å²) in [5.41, 5.74) is 10.6. The number of aromatic nitrogens is 3. The third kappa shape index (κ3) is 5.13. The Morgan fingerprint density at radius 1 is 0.327 bits per heavy atom. The topological polar surface area (TPSA) is 30.7 Å². The molecule has 0 unspecified atom stereocenters. The van der Waals surface area contributed by atoms with Crippen LogP contribution in [-0.4, -0.2) is 14.5 Å². The van der Waals surface area contributed by atoms with Crippen LogP contribution in [0.4, 0.5) is 0 Å². The van der Waals surface area contributed by atoms with E-state index in [4.69, 9.17) is 9.97 Å². The summed E-state index contributed by atoms with van der Waals surface area (Å²) in [6, 6.07) is 71.5. The molecule has 2 aromatic heterocycles. The zero-order chi connectivity index (χ0) is 36.3. The maximum absolute atomic E-state index is 5.34. The molecular formula is C52H33N3. The summed E-state index contributed by atoms with van der Waals surface area (Å²) in [6.45, 7) is 0. The fourth-order valence-corrected chi connectivity index (χ4v) is 8.46. The number of benzene rings is 9. The van der Waals surface area contributed by atoms with Gasteiger partial charge >= 0.3 is 0 Å². The zero-order valence-corrected chi connectivity index (χ0v) is 29.9. The molecule has 0 saturated carbocycles. The molecule has 0 aliphatic carbocycles. The van der Waals surface area contributed by atoms with Crippen molar-refractivity contribution in [3.8, 4) is 50.7 Å². The van der Waals surface area contributed by atoms with Crippen LogP contribution in [0.15, 0.2) is 200 Å². The average Bonchev–Trinajstić information content (AvgIpc) is 3.60. The van der Waals surface area contributed by atoms with E-state index >= 15 is 0 Å². The summed E-state index contributed by atoms with van der Waals surface area (Å²) in [6.07, 6.45) is 0. The Morgan fingerprint density at radius 2 is 0.909 bits per heavy atom. The summed E-state index contributed by atoms with van der Waals surface area (Å²) in [7, 11) is 0. The number of fused-ring (bicyclic) bond motifs is 7. The lowest BCUT2D eigenvalue weighted by atomic mass is 9.89. The van der Waals surface area contributed by atoms with Crippen molar-refractivity contribution in [3.63, 3.8) is 0 Å². The van der Waals surface area contributed by atoms with E-state index in [1.54, 1.807) is 0 Å². The Hall–Kier alpha value is -7.36. The SMILES string of the molecule is c1ccc(-c2cc(-c3ccccc3-n3c4ccccc4c4ccccc43)nc(-c3ccc(-c4c5ccccc5cc5c4ccc4ccccc45)cc3)n2)cc1. The molecule has 0 bridgehead atoms. The highest BCUT2D eigenvalue weighted by Crippen LogP contribution is 2.41. The Labute approximate surface area is 318 Å². The molecule has 0 N–H and O–H groups in total. The highest BCUT2D eigenvalue weighted by Gasteiger charge is 2.18. The van der Waals surface area contributed by atoms with Gasteiger partial charge in [0.1, 0.15) is 0 Å². The lowest BCUT2D eigenvalue weighted by Gasteiger charge is -2.16. The predicted octanol–water partition coefficient (Wildman–Crippen LogP) is 13.7. The third-order valence-electron chi connectivity index (χ3n) is 11.0. The van der Waals surface area contributed by atoms with E-state index in [0.29, 0.717) is 5.82 Å². The van der Waals surface area contributed by atoms with E-state index in [1.165, 1.54) is 59.7 Å². The van der Waals surface area contributed by atoms with E-state index in [1.807, 2.05) is 6.07 Å². The van der Waals surface area contributed by atoms with Gasteiger partial charge in [-0.15, -0.1) is 0 Å². The summed E-state index contributed by atoms with van der Waals surface area (Å²) < 4.78 is 2.37. The number of rotatable bonds is 5. The van der Waals surface area contributed by atoms with Gasteiger partial charge in [0.05, 0.1) is 28.1 Å². The fourth-order valence-electron chi connectivity index (χ4n) is 8.46. The largest absolute Gasteiger partial charge is 0.309 e. The second kappa shape index (κ2) is 12.6. The Morgan fingerprint density at radius 3 is 1.67 bits per heavy atom. The van der Waals surface area contributed by atoms with Gasteiger partial charge in [0.25, 0.3) is 0 Å². The maximum atomic E-state index is 5.34. The minimum Gasteiger partial charge on any atom is -0.309 e. The molecule has 256 valence electrons. The molecule has 9 aromatic carbocycles. The lowest BCUT2D eigenvalue weighted by Crippen LogP contribution is -2.00. The van der Waals surface area contributed by atoms with Crippen LogP contribution in [0.25, 0.3) is 105 Å². The lowest BCUT2D eigenvalue weighted by molar-refractivity contribution is 1.15. The number of para-hydroxylation sites is 3. The molecular weight excluding hydrogens is 667 g/mol. The average molecular weight is 700 g/mol. The molecule has 0 atom stereocenters. The van der Waals surface area contributed by atoms with Gasteiger partial charge in [-0.25, -0.2) is 9.97 Å². The van der Waals surface area contributed by atoms with Gasteiger partial charge in [0, 0.05) is 27.5 Å². The third-order valence-corrected chi connectivity index (χ3v) is 11.0. The first-order valence-corrected chi connectivity index (χ1v) is 18.7. The van der Waals surface area contributed by atoms with E-state index < -0.39 is 0 Å². The normalized spacial score (nSPS) is 11.6. The van der Waals surface area contributed by atoms with Gasteiger partial charge in [-0.2, -0.15) is 0 Å². The molecule has 3 heteroatoms. The van der Waals surface area contributed by atoms with Crippen LogP contribution in [0.2, 0.25) is 0 Å². The number of nitrogens with zero attached hydrogens (tertiary/aromatic N) is 3. The van der Waals surface area contributed by atoms with Crippen molar-refractivity contribution in [2.24, 2.45) is 0 Å². The molecule has 0 aliphatic rings. The first-order chi connectivity index (χ1) is 27.3. The summed E-state index contributed by atoms with van der Waals surface area (Å²) in [5, 5.41) is 9.96. The second-order valence-corrected chi connectivity index (χ2v) is 14.1. The molecule has 3 nitrogen and oxygen atoms in total. The van der Waals surface area contributed by atoms with Gasteiger partial charge in [0.2, 0.25) is 0 Å². The van der Waals surface area contributed by atoms with Crippen LogP contribution >= 0.6 is 0 Å². The smallest absolute Gasteiger partial charge is 0.160 e. The van der Waals surface area contributed by atoms with Crippen molar-refractivity contribution in [2.45, 2.75) is 0 Å². The number of hydrogen-bond acceptors (Lipinski definition) is 2. The van der Waals surface area contributed by atoms with Crippen LogP contribution in [-0.2, 0) is 0 Å². The molecule has 0 amide bonds. The monoisotopic (exact) mass is 699 g/mol. The van der Waals surface area contributed by atoms with Crippen molar-refractivity contribution in [1.29, 1.82) is 0 Å². The van der Waals surface area contributed by atoms with E-state index in [-0.39, 0.29) is 0 Å². The highest BCUT2D eigenvalue weighted by molar-refractivity contribution is 6.20. The molecule has 0 radical (unpaired) electrons. The van der Waals surface area contributed by atoms with Crippen molar-refractivity contribution in [2.75, 3.05) is 0 Å². The van der Waals surface area contributed by atoms with Gasteiger partial charge in [0.15, 0.2) is 5.82 Å². The van der Waals surface area contributed by atoms with Gasteiger partial charge < -0.3 is 4.57 Å². The minimum absolute atomic E-state index is 0.689. The van der Waals surface area contributed by atoms with E-state index in [0.717, 1.165) is 39.3 Å². The quantitative estimate of drug-likeness (QED) is 0.132. The highest BCUT2D eigenvalue weighted by atomic mass is 15.0. The first-order valence-electron chi connectivity index (χ1n) is 18.7. The molecule has 0 spiro atoms. The summed E-state index contributed by atoms with van der Waals surface area (Å²) in [5.74, 6) is 0.689. The molecule has 0 fully saturated rings. The van der Waals surface area contributed by atoms with Crippen LogP contribution in [0.1, 0.15) is 0 Å². The van der Waals surface area contributed by atoms with Gasteiger partial charge in [-0.3, -0.25) is 0 Å². The van der Waals surface area contributed by atoms with Crippen LogP contribution in [0.3, 0.4) is 0 Å². The van der Waals surface area contributed by atoms with Gasteiger partial charge in [-0.05, 0) is 73.8 Å². The van der Waals surface area contributed by atoms with Crippen LogP contribution in [0, 0.1) is 0 Å². The Bertz CT molecular complexity index is 3200. The summed E-state index contributed by atoms with van der Waals surface area (Å²) >= 11 is 0. The minimum atomic E-state index is 0.689. The summed E-state index contributed by atoms with van der Waals surface area (Å²) in [4.78, 5) is 10.6. The van der Waals surface area contributed by atoms with Gasteiger partial charge in [-0.1, -0.05) is 170 Å². The zero-order valence-electron chi connectivity index (χ0n) is 29.9. The van der Waals surface area contributed by atoms with E-state index in [9.17, 15) is 0 Å². The van der Waals surface area contributed by atoms with Crippen molar-refractivity contribution >= 4 is 54.1 Å².